The van der Waals surface area contributed by atoms with Gasteiger partial charge in [-0.25, -0.2) is 0 Å². The van der Waals surface area contributed by atoms with Gasteiger partial charge in [0.15, 0.2) is 0 Å². The first-order valence-electron chi connectivity index (χ1n) is 6.34. The highest BCUT2D eigenvalue weighted by atomic mass is 32.2. The van der Waals surface area contributed by atoms with Crippen LogP contribution in [-0.4, -0.2) is 29.0 Å². The Bertz CT molecular complexity index is 245. The van der Waals surface area contributed by atoms with Crippen molar-refractivity contribution in [2.24, 2.45) is 5.73 Å². The molecule has 1 aliphatic carbocycles. The molecule has 2 fully saturated rings. The first-order chi connectivity index (χ1) is 7.68. The monoisotopic (exact) mass is 242 g/mol. The summed E-state index contributed by atoms with van der Waals surface area (Å²) in [7, 11) is 0. The molecular formula is C12H22N2OS. The molecule has 1 aliphatic heterocycles. The molecule has 0 aromatic rings. The fourth-order valence-corrected chi connectivity index (χ4v) is 3.80. The standard InChI is InChI=1S/C12H22N2OS/c13-12(5-1-2-6-12)9-11(15)14-10-3-7-16-8-4-10/h10H,1-9,13H2,(H,14,15). The topological polar surface area (TPSA) is 55.1 Å². The van der Waals surface area contributed by atoms with Gasteiger partial charge in [0, 0.05) is 18.0 Å². The van der Waals surface area contributed by atoms with Crippen LogP contribution in [0.15, 0.2) is 0 Å². The number of thioether (sulfide) groups is 1. The number of nitrogens with two attached hydrogens (primary N) is 1. The minimum absolute atomic E-state index is 0.168. The van der Waals surface area contributed by atoms with Crippen molar-refractivity contribution in [3.05, 3.63) is 0 Å². The van der Waals surface area contributed by atoms with Gasteiger partial charge in [-0.3, -0.25) is 4.79 Å². The number of amides is 1. The Labute approximate surface area is 102 Å². The maximum absolute atomic E-state index is 11.9. The molecule has 2 aliphatic rings. The van der Waals surface area contributed by atoms with E-state index in [2.05, 4.69) is 5.32 Å². The van der Waals surface area contributed by atoms with Crippen molar-refractivity contribution in [2.75, 3.05) is 11.5 Å². The number of nitrogens with one attached hydrogen (secondary N) is 1. The first kappa shape index (κ1) is 12.2. The Morgan fingerprint density at radius 1 is 1.31 bits per heavy atom. The van der Waals surface area contributed by atoms with Crippen molar-refractivity contribution in [1.82, 2.24) is 5.32 Å². The molecule has 1 saturated carbocycles. The van der Waals surface area contributed by atoms with Gasteiger partial charge in [-0.2, -0.15) is 11.8 Å². The fraction of sp³-hybridized carbons (Fsp3) is 0.917. The van der Waals surface area contributed by atoms with Crippen molar-refractivity contribution in [1.29, 1.82) is 0 Å². The zero-order valence-corrected chi connectivity index (χ0v) is 10.7. The first-order valence-corrected chi connectivity index (χ1v) is 7.49. The lowest BCUT2D eigenvalue weighted by atomic mass is 9.94. The van der Waals surface area contributed by atoms with Gasteiger partial charge in [0.2, 0.25) is 5.91 Å². The molecule has 0 spiro atoms. The molecule has 4 heteroatoms. The quantitative estimate of drug-likeness (QED) is 0.791. The van der Waals surface area contributed by atoms with Gasteiger partial charge in [-0.15, -0.1) is 0 Å². The van der Waals surface area contributed by atoms with E-state index < -0.39 is 0 Å². The number of carbonyl (C=O) groups is 1. The van der Waals surface area contributed by atoms with Gasteiger partial charge in [-0.05, 0) is 37.2 Å². The molecule has 0 aromatic heterocycles. The highest BCUT2D eigenvalue weighted by molar-refractivity contribution is 7.99. The Balaban J connectivity index is 1.74. The molecule has 16 heavy (non-hydrogen) atoms. The Kier molecular flexibility index (Phi) is 4.14. The lowest BCUT2D eigenvalue weighted by molar-refractivity contribution is -0.123. The third-order valence-electron chi connectivity index (χ3n) is 3.70. The van der Waals surface area contributed by atoms with E-state index in [0.717, 1.165) is 25.7 Å². The van der Waals surface area contributed by atoms with Crippen molar-refractivity contribution in [3.63, 3.8) is 0 Å². The van der Waals surface area contributed by atoms with Crippen LogP contribution in [-0.2, 0) is 4.79 Å². The molecule has 1 saturated heterocycles. The lowest BCUT2D eigenvalue weighted by Gasteiger charge is -2.26. The second kappa shape index (κ2) is 5.41. The van der Waals surface area contributed by atoms with Crippen LogP contribution in [0.2, 0.25) is 0 Å². The molecule has 1 amide bonds. The smallest absolute Gasteiger partial charge is 0.222 e. The maximum atomic E-state index is 11.9. The average molecular weight is 242 g/mol. The van der Waals surface area contributed by atoms with E-state index in [1.807, 2.05) is 11.8 Å². The van der Waals surface area contributed by atoms with E-state index in [-0.39, 0.29) is 11.4 Å². The van der Waals surface area contributed by atoms with E-state index in [1.165, 1.54) is 24.3 Å². The maximum Gasteiger partial charge on any atom is 0.222 e. The largest absolute Gasteiger partial charge is 0.353 e. The summed E-state index contributed by atoms with van der Waals surface area (Å²) in [5.41, 5.74) is 6.00. The predicted octanol–water partition coefficient (Wildman–Crippen LogP) is 1.66. The van der Waals surface area contributed by atoms with Crippen LogP contribution in [0.1, 0.15) is 44.9 Å². The second-order valence-corrected chi connectivity index (χ2v) is 6.43. The van der Waals surface area contributed by atoms with Crippen molar-refractivity contribution in [3.8, 4) is 0 Å². The lowest BCUT2D eigenvalue weighted by Crippen LogP contribution is -2.45. The molecule has 0 radical (unpaired) electrons. The van der Waals surface area contributed by atoms with Crippen molar-refractivity contribution >= 4 is 17.7 Å². The van der Waals surface area contributed by atoms with Crippen LogP contribution >= 0.6 is 11.8 Å². The summed E-state index contributed by atoms with van der Waals surface area (Å²) in [5.74, 6) is 2.53. The Morgan fingerprint density at radius 2 is 1.94 bits per heavy atom. The van der Waals surface area contributed by atoms with Crippen LogP contribution < -0.4 is 11.1 Å². The van der Waals surface area contributed by atoms with Crippen LogP contribution in [0, 0.1) is 0 Å². The highest BCUT2D eigenvalue weighted by Crippen LogP contribution is 2.30. The summed E-state index contributed by atoms with van der Waals surface area (Å²) < 4.78 is 0. The van der Waals surface area contributed by atoms with Crippen LogP contribution in [0.3, 0.4) is 0 Å². The highest BCUT2D eigenvalue weighted by Gasteiger charge is 2.32. The van der Waals surface area contributed by atoms with E-state index in [1.54, 1.807) is 0 Å². The average Bonchev–Trinajstić information content (AvgIpc) is 2.66. The van der Waals surface area contributed by atoms with Gasteiger partial charge >= 0.3 is 0 Å². The van der Waals surface area contributed by atoms with E-state index in [0.29, 0.717) is 12.5 Å². The number of hydrogen-bond acceptors (Lipinski definition) is 3. The SMILES string of the molecule is NC1(CC(=O)NC2CCSCC2)CCCC1. The van der Waals surface area contributed by atoms with Gasteiger partial charge < -0.3 is 11.1 Å². The van der Waals surface area contributed by atoms with Gasteiger partial charge in [-0.1, -0.05) is 12.8 Å². The summed E-state index contributed by atoms with van der Waals surface area (Å²) in [4.78, 5) is 11.9. The molecule has 0 atom stereocenters. The molecule has 92 valence electrons. The molecule has 0 unspecified atom stereocenters. The molecule has 3 N–H and O–H groups in total. The minimum Gasteiger partial charge on any atom is -0.353 e. The molecule has 3 nitrogen and oxygen atoms in total. The van der Waals surface area contributed by atoms with Gasteiger partial charge in [0.05, 0.1) is 0 Å². The molecule has 1 heterocycles. The van der Waals surface area contributed by atoms with E-state index >= 15 is 0 Å². The summed E-state index contributed by atoms with van der Waals surface area (Å²) in [6.07, 6.45) is 7.16. The number of hydrogen-bond donors (Lipinski definition) is 2. The summed E-state index contributed by atoms with van der Waals surface area (Å²) in [6, 6.07) is 0.402. The van der Waals surface area contributed by atoms with Gasteiger partial charge in [0.25, 0.3) is 0 Å². The van der Waals surface area contributed by atoms with E-state index in [9.17, 15) is 4.79 Å². The van der Waals surface area contributed by atoms with E-state index in [4.69, 9.17) is 5.73 Å². The van der Waals surface area contributed by atoms with Crippen LogP contribution in [0.25, 0.3) is 0 Å². The molecule has 0 aromatic carbocycles. The second-order valence-electron chi connectivity index (χ2n) is 5.20. The zero-order valence-electron chi connectivity index (χ0n) is 9.84. The summed E-state index contributed by atoms with van der Waals surface area (Å²) in [6.45, 7) is 0. The third-order valence-corrected chi connectivity index (χ3v) is 4.75. The zero-order chi connectivity index (χ0) is 11.4. The van der Waals surface area contributed by atoms with Crippen LogP contribution in [0.4, 0.5) is 0 Å². The Hall–Kier alpha value is -0.220. The third kappa shape index (κ3) is 3.39. The normalized spacial score (nSPS) is 25.6. The summed E-state index contributed by atoms with van der Waals surface area (Å²) >= 11 is 1.98. The minimum atomic E-state index is -0.201. The van der Waals surface area contributed by atoms with Crippen molar-refractivity contribution < 1.29 is 4.79 Å². The fourth-order valence-electron chi connectivity index (χ4n) is 2.70. The molecular weight excluding hydrogens is 220 g/mol. The molecule has 0 bridgehead atoms. The summed E-state index contributed by atoms with van der Waals surface area (Å²) in [5, 5.41) is 3.14. The predicted molar refractivity (Wildman–Crippen MR) is 68.5 cm³/mol. The number of rotatable bonds is 3. The Morgan fingerprint density at radius 3 is 2.56 bits per heavy atom. The van der Waals surface area contributed by atoms with Crippen LogP contribution in [0.5, 0.6) is 0 Å². The van der Waals surface area contributed by atoms with Crippen molar-refractivity contribution in [2.45, 2.75) is 56.5 Å². The molecule has 2 rings (SSSR count). The number of carbonyl (C=O) groups excluding carboxylic acids is 1. The van der Waals surface area contributed by atoms with Gasteiger partial charge in [0.1, 0.15) is 0 Å².